The molecule has 3 heterocycles. The van der Waals surface area contributed by atoms with E-state index in [-0.39, 0.29) is 5.28 Å². The zero-order chi connectivity index (χ0) is 14.7. The Morgan fingerprint density at radius 2 is 2.10 bits per heavy atom. The molecule has 110 valence electrons. The summed E-state index contributed by atoms with van der Waals surface area (Å²) in [5.41, 5.74) is 1.54. The Bertz CT molecular complexity index is 696. The molecule has 1 saturated heterocycles. The summed E-state index contributed by atoms with van der Waals surface area (Å²) in [4.78, 5) is 15.0. The van der Waals surface area contributed by atoms with Crippen molar-refractivity contribution in [3.05, 3.63) is 11.6 Å². The molecule has 1 aliphatic rings. The smallest absolute Gasteiger partial charge is 0.225 e. The van der Waals surface area contributed by atoms with Crippen LogP contribution in [-0.4, -0.2) is 49.8 Å². The third kappa shape index (κ3) is 3.49. The number of nitrogens with zero attached hydrogens (tertiary/aromatic N) is 5. The molecule has 1 fully saturated rings. The van der Waals surface area contributed by atoms with Gasteiger partial charge in [0.15, 0.2) is 5.65 Å². The van der Waals surface area contributed by atoms with Gasteiger partial charge in [0, 0.05) is 7.05 Å². The maximum Gasteiger partial charge on any atom is 0.225 e. The molecule has 0 N–H and O–H groups in total. The van der Waals surface area contributed by atoms with Crippen LogP contribution in [0.25, 0.3) is 11.2 Å². The minimum Gasteiger partial charge on any atom is -0.330 e. The van der Waals surface area contributed by atoms with E-state index < -0.39 is 0 Å². The molecule has 0 amide bonds. The van der Waals surface area contributed by atoms with Crippen molar-refractivity contribution >= 4 is 34.5 Å². The van der Waals surface area contributed by atoms with E-state index in [0.717, 1.165) is 17.1 Å². The number of hydrogen-bond donors (Lipinski definition) is 0. The van der Waals surface area contributed by atoms with Gasteiger partial charge in [-0.3, -0.25) is 4.90 Å². The van der Waals surface area contributed by atoms with Crippen molar-refractivity contribution in [2.24, 2.45) is 7.05 Å². The highest BCUT2D eigenvalue weighted by Gasteiger charge is 2.11. The first-order valence-electron chi connectivity index (χ1n) is 6.89. The van der Waals surface area contributed by atoms with E-state index in [1.165, 1.54) is 25.9 Å². The minimum absolute atomic E-state index is 0.230. The predicted molar refractivity (Wildman–Crippen MR) is 85.5 cm³/mol. The van der Waals surface area contributed by atoms with Gasteiger partial charge in [-0.15, -0.1) is 0 Å². The van der Waals surface area contributed by atoms with Crippen LogP contribution in [0, 0.1) is 11.8 Å². The summed E-state index contributed by atoms with van der Waals surface area (Å²) in [6, 6.07) is 0. The maximum absolute atomic E-state index is 5.93. The van der Waals surface area contributed by atoms with Gasteiger partial charge in [0.1, 0.15) is 10.5 Å². The Labute approximate surface area is 133 Å². The highest BCUT2D eigenvalue weighted by atomic mass is 35.5. The number of hydrogen-bond acceptors (Lipinski definition) is 5. The molecule has 2 aromatic heterocycles. The first kappa shape index (κ1) is 14.6. The highest BCUT2D eigenvalue weighted by Crippen LogP contribution is 2.25. The molecule has 0 atom stereocenters. The van der Waals surface area contributed by atoms with Crippen LogP contribution < -0.4 is 0 Å². The summed E-state index contributed by atoms with van der Waals surface area (Å²) in [6.07, 6.45) is 4.32. The molecule has 0 spiro atoms. The minimum atomic E-state index is 0.230. The second-order valence-corrected chi connectivity index (χ2v) is 6.25. The number of aryl methyl sites for hydroxylation is 1. The van der Waals surface area contributed by atoms with Gasteiger partial charge in [-0.25, -0.2) is 9.97 Å². The summed E-state index contributed by atoms with van der Waals surface area (Å²) in [7, 11) is 1.93. The SMILES string of the molecule is Cn1cnc2nc(Cl)nc(SCC#CCN3CCCC3)c21. The number of imidazole rings is 1. The van der Waals surface area contributed by atoms with Gasteiger partial charge in [0.25, 0.3) is 0 Å². The van der Waals surface area contributed by atoms with E-state index in [4.69, 9.17) is 11.6 Å². The topological polar surface area (TPSA) is 46.8 Å². The van der Waals surface area contributed by atoms with Crippen LogP contribution >= 0.6 is 23.4 Å². The first-order chi connectivity index (χ1) is 10.2. The number of likely N-dealkylation sites (tertiary alicyclic amines) is 1. The van der Waals surface area contributed by atoms with Gasteiger partial charge >= 0.3 is 0 Å². The molecular formula is C14H16ClN5S. The van der Waals surface area contributed by atoms with Crippen molar-refractivity contribution in [1.29, 1.82) is 0 Å². The number of aromatic nitrogens is 4. The lowest BCUT2D eigenvalue weighted by Gasteiger charge is -2.08. The Kier molecular flexibility index (Phi) is 4.63. The van der Waals surface area contributed by atoms with Gasteiger partial charge in [0.2, 0.25) is 5.28 Å². The molecule has 0 radical (unpaired) electrons. The predicted octanol–water partition coefficient (Wildman–Crippen LogP) is 2.21. The molecule has 2 aromatic rings. The summed E-state index contributed by atoms with van der Waals surface area (Å²) in [5.74, 6) is 7.12. The lowest BCUT2D eigenvalue weighted by atomic mass is 10.4. The summed E-state index contributed by atoms with van der Waals surface area (Å²) in [6.45, 7) is 3.23. The van der Waals surface area contributed by atoms with Crippen LogP contribution in [0.3, 0.4) is 0 Å². The van der Waals surface area contributed by atoms with Gasteiger partial charge in [-0.05, 0) is 37.5 Å². The van der Waals surface area contributed by atoms with Crippen molar-refractivity contribution in [1.82, 2.24) is 24.4 Å². The normalized spacial score (nSPS) is 15.3. The molecule has 5 nitrogen and oxygen atoms in total. The summed E-state index contributed by atoms with van der Waals surface area (Å²) in [5, 5.41) is 1.06. The third-order valence-electron chi connectivity index (χ3n) is 3.42. The van der Waals surface area contributed by atoms with E-state index in [2.05, 4.69) is 31.7 Å². The molecule has 0 saturated carbocycles. The molecule has 1 aliphatic heterocycles. The van der Waals surface area contributed by atoms with E-state index in [1.54, 1.807) is 18.1 Å². The zero-order valence-electron chi connectivity index (χ0n) is 11.8. The summed E-state index contributed by atoms with van der Waals surface area (Å²) < 4.78 is 1.91. The van der Waals surface area contributed by atoms with Crippen LogP contribution in [0.2, 0.25) is 5.28 Å². The number of halogens is 1. The Morgan fingerprint density at radius 3 is 2.90 bits per heavy atom. The van der Waals surface area contributed by atoms with Crippen molar-refractivity contribution in [3.8, 4) is 11.8 Å². The van der Waals surface area contributed by atoms with E-state index in [1.807, 2.05) is 11.6 Å². The molecular weight excluding hydrogens is 306 g/mol. The molecule has 3 rings (SSSR count). The number of thioether (sulfide) groups is 1. The fraction of sp³-hybridized carbons (Fsp3) is 0.500. The van der Waals surface area contributed by atoms with Crippen molar-refractivity contribution in [3.63, 3.8) is 0 Å². The average Bonchev–Trinajstić information content (AvgIpc) is 3.08. The second-order valence-electron chi connectivity index (χ2n) is 4.95. The average molecular weight is 322 g/mol. The largest absolute Gasteiger partial charge is 0.330 e. The van der Waals surface area contributed by atoms with Gasteiger partial charge < -0.3 is 4.57 Å². The fourth-order valence-corrected chi connectivity index (χ4v) is 3.41. The Morgan fingerprint density at radius 1 is 1.29 bits per heavy atom. The standard InChI is InChI=1S/C14H16ClN5S/c1-19-10-16-12-11(19)13(18-14(15)17-12)21-9-5-4-8-20-6-2-3-7-20/h10H,2-3,6-9H2,1H3. The lowest BCUT2D eigenvalue weighted by Crippen LogP contribution is -2.18. The maximum atomic E-state index is 5.93. The second kappa shape index (κ2) is 6.65. The van der Waals surface area contributed by atoms with Gasteiger partial charge in [-0.1, -0.05) is 23.6 Å². The van der Waals surface area contributed by atoms with Crippen LogP contribution in [-0.2, 0) is 7.05 Å². The van der Waals surface area contributed by atoms with E-state index in [9.17, 15) is 0 Å². The van der Waals surface area contributed by atoms with E-state index >= 15 is 0 Å². The first-order valence-corrected chi connectivity index (χ1v) is 8.26. The van der Waals surface area contributed by atoms with Crippen LogP contribution in [0.1, 0.15) is 12.8 Å². The van der Waals surface area contributed by atoms with Crippen LogP contribution in [0.4, 0.5) is 0 Å². The molecule has 0 aliphatic carbocycles. The van der Waals surface area contributed by atoms with Gasteiger partial charge in [-0.2, -0.15) is 4.98 Å². The quantitative estimate of drug-likeness (QED) is 0.375. The zero-order valence-corrected chi connectivity index (χ0v) is 13.4. The highest BCUT2D eigenvalue weighted by molar-refractivity contribution is 7.99. The molecule has 0 aromatic carbocycles. The number of fused-ring (bicyclic) bond motifs is 1. The van der Waals surface area contributed by atoms with E-state index in [0.29, 0.717) is 11.4 Å². The monoisotopic (exact) mass is 321 g/mol. The van der Waals surface area contributed by atoms with Crippen molar-refractivity contribution in [2.45, 2.75) is 17.9 Å². The molecule has 21 heavy (non-hydrogen) atoms. The molecule has 0 unspecified atom stereocenters. The number of rotatable bonds is 3. The Hall–Kier alpha value is -1.29. The fourth-order valence-electron chi connectivity index (χ4n) is 2.36. The Balaban J connectivity index is 1.65. The third-order valence-corrected chi connectivity index (χ3v) is 4.44. The van der Waals surface area contributed by atoms with Gasteiger partial charge in [0.05, 0.1) is 18.6 Å². The molecule has 0 bridgehead atoms. The van der Waals surface area contributed by atoms with Crippen molar-refractivity contribution < 1.29 is 0 Å². The van der Waals surface area contributed by atoms with Crippen LogP contribution in [0.15, 0.2) is 11.4 Å². The lowest BCUT2D eigenvalue weighted by molar-refractivity contribution is 0.383. The molecule has 7 heteroatoms. The summed E-state index contributed by atoms with van der Waals surface area (Å²) >= 11 is 7.51. The van der Waals surface area contributed by atoms with Crippen molar-refractivity contribution in [2.75, 3.05) is 25.4 Å². The van der Waals surface area contributed by atoms with Crippen LogP contribution in [0.5, 0.6) is 0 Å².